The van der Waals surface area contributed by atoms with Gasteiger partial charge in [-0.05, 0) is 18.1 Å². The zero-order chi connectivity index (χ0) is 21.3. The van der Waals surface area contributed by atoms with E-state index < -0.39 is 5.25 Å². The lowest BCUT2D eigenvalue weighted by Crippen LogP contribution is -2.33. The largest absolute Gasteiger partial charge is 0.329 e. The second-order valence-corrected chi connectivity index (χ2v) is 9.42. The fourth-order valence-corrected chi connectivity index (χ4v) is 4.76. The monoisotopic (exact) mass is 432 g/mol. The third-order valence-corrected chi connectivity index (χ3v) is 6.35. The van der Waals surface area contributed by atoms with Gasteiger partial charge in [0.15, 0.2) is 0 Å². The van der Waals surface area contributed by atoms with Gasteiger partial charge in [-0.25, -0.2) is 0 Å². The summed E-state index contributed by atoms with van der Waals surface area (Å²) in [5.74, 6) is -0.712. The highest BCUT2D eigenvalue weighted by molar-refractivity contribution is 8.01. The summed E-state index contributed by atoms with van der Waals surface area (Å²) < 4.78 is 8.98. The molecule has 2 aliphatic heterocycles. The number of likely N-dealkylation sites (tertiary alicyclic amines) is 2. The van der Waals surface area contributed by atoms with Crippen LogP contribution in [0.15, 0.2) is 0 Å². The second kappa shape index (κ2) is 12.5. The number of nitrogens with zero attached hydrogens (tertiary/aromatic N) is 2. The smallest absolute Gasteiger partial charge is 0.245 e. The van der Waals surface area contributed by atoms with E-state index in [2.05, 4.69) is 0 Å². The first-order valence-corrected chi connectivity index (χ1v) is 11.8. The SMILES string of the molecule is CC.CC(C)SC1CC(=O)N(CCCCCCN2C(=O)CC(SO)C2=O)C1=O. The molecule has 0 aromatic rings. The molecule has 28 heavy (non-hydrogen) atoms. The van der Waals surface area contributed by atoms with Crippen LogP contribution in [0.3, 0.4) is 0 Å². The number of imide groups is 2. The van der Waals surface area contributed by atoms with Crippen LogP contribution in [0.4, 0.5) is 0 Å². The summed E-state index contributed by atoms with van der Waals surface area (Å²) in [6.45, 7) is 8.84. The Kier molecular flexibility index (Phi) is 11.1. The molecule has 0 bridgehead atoms. The Morgan fingerprint density at radius 3 is 1.68 bits per heavy atom. The van der Waals surface area contributed by atoms with Gasteiger partial charge < -0.3 is 4.55 Å². The molecule has 2 saturated heterocycles. The number of unbranched alkanes of at least 4 members (excludes halogenated alkanes) is 3. The molecule has 4 amide bonds. The van der Waals surface area contributed by atoms with E-state index in [4.69, 9.17) is 4.55 Å². The van der Waals surface area contributed by atoms with Gasteiger partial charge in [0.05, 0.1) is 11.7 Å². The van der Waals surface area contributed by atoms with Gasteiger partial charge in [0.2, 0.25) is 23.6 Å². The fourth-order valence-electron chi connectivity index (χ4n) is 3.19. The number of rotatable bonds is 10. The van der Waals surface area contributed by atoms with E-state index in [9.17, 15) is 19.2 Å². The van der Waals surface area contributed by atoms with Crippen molar-refractivity contribution < 1.29 is 23.7 Å². The summed E-state index contributed by atoms with van der Waals surface area (Å²) in [4.78, 5) is 50.4. The maximum absolute atomic E-state index is 12.3. The van der Waals surface area contributed by atoms with Gasteiger partial charge >= 0.3 is 0 Å². The van der Waals surface area contributed by atoms with Crippen LogP contribution < -0.4 is 0 Å². The zero-order valence-electron chi connectivity index (χ0n) is 17.2. The number of thioether (sulfide) groups is 1. The maximum atomic E-state index is 12.3. The van der Waals surface area contributed by atoms with Crippen LogP contribution in [-0.2, 0) is 19.2 Å². The van der Waals surface area contributed by atoms with Crippen molar-refractivity contribution in [3.8, 4) is 0 Å². The maximum Gasteiger partial charge on any atom is 0.245 e. The summed E-state index contributed by atoms with van der Waals surface area (Å²) in [6.07, 6.45) is 3.42. The minimum absolute atomic E-state index is 0.0642. The molecule has 2 unspecified atom stereocenters. The standard InChI is InChI=1S/C17H26N2O5S2.C2H6/c1-11(2)25-12-9-14(20)18(16(12)22)7-5-3-4-6-8-19-15(21)10-13(26-24)17(19)23;1-2/h11-13,24H,3-10H2,1-2H3;1-2H3. The first kappa shape index (κ1) is 25.0. The summed E-state index contributed by atoms with van der Waals surface area (Å²) in [6, 6.07) is 0. The molecule has 0 spiro atoms. The number of hydrogen-bond donors (Lipinski definition) is 1. The van der Waals surface area contributed by atoms with Crippen LogP contribution in [0.25, 0.3) is 0 Å². The molecule has 7 nitrogen and oxygen atoms in total. The summed E-state index contributed by atoms with van der Waals surface area (Å²) in [5.41, 5.74) is 0. The van der Waals surface area contributed by atoms with Crippen molar-refractivity contribution in [3.05, 3.63) is 0 Å². The lowest BCUT2D eigenvalue weighted by atomic mass is 10.2. The Morgan fingerprint density at radius 1 is 0.857 bits per heavy atom. The van der Waals surface area contributed by atoms with Gasteiger partial charge in [0.25, 0.3) is 0 Å². The molecule has 0 aliphatic carbocycles. The van der Waals surface area contributed by atoms with Crippen molar-refractivity contribution in [2.45, 2.75) is 82.0 Å². The minimum atomic E-state index is -0.661. The molecule has 1 N–H and O–H groups in total. The third kappa shape index (κ3) is 6.77. The van der Waals surface area contributed by atoms with Gasteiger partial charge in [-0.2, -0.15) is 0 Å². The Bertz CT molecular complexity index is 571. The molecule has 2 fully saturated rings. The lowest BCUT2D eigenvalue weighted by molar-refractivity contribution is -0.140. The predicted molar refractivity (Wildman–Crippen MR) is 113 cm³/mol. The molecule has 0 saturated carbocycles. The van der Waals surface area contributed by atoms with E-state index in [0.717, 1.165) is 19.3 Å². The quantitative estimate of drug-likeness (QED) is 0.322. The average Bonchev–Trinajstić information content (AvgIpc) is 3.08. The molecule has 2 aliphatic rings. The van der Waals surface area contributed by atoms with Gasteiger partial charge in [-0.3, -0.25) is 29.0 Å². The Balaban J connectivity index is 0.00000190. The van der Waals surface area contributed by atoms with Crippen molar-refractivity contribution in [3.63, 3.8) is 0 Å². The first-order chi connectivity index (χ1) is 13.3. The van der Waals surface area contributed by atoms with E-state index in [1.54, 1.807) is 11.8 Å². The molecule has 0 aromatic carbocycles. The van der Waals surface area contributed by atoms with Crippen LogP contribution >= 0.6 is 23.8 Å². The summed E-state index contributed by atoms with van der Waals surface area (Å²) in [7, 11) is 0. The zero-order valence-corrected chi connectivity index (χ0v) is 18.8. The minimum Gasteiger partial charge on any atom is -0.329 e. The molecular weight excluding hydrogens is 400 g/mol. The van der Waals surface area contributed by atoms with E-state index >= 15 is 0 Å². The molecule has 0 radical (unpaired) electrons. The topological polar surface area (TPSA) is 95.0 Å². The third-order valence-electron chi connectivity index (χ3n) is 4.48. The lowest BCUT2D eigenvalue weighted by Gasteiger charge is -2.16. The highest BCUT2D eigenvalue weighted by atomic mass is 32.2. The predicted octanol–water partition coefficient (Wildman–Crippen LogP) is 3.18. The molecule has 2 atom stereocenters. The molecule has 9 heteroatoms. The number of amides is 4. The van der Waals surface area contributed by atoms with E-state index in [0.29, 0.717) is 43.2 Å². The normalized spacial score (nSPS) is 22.4. The highest BCUT2D eigenvalue weighted by Gasteiger charge is 2.39. The fraction of sp³-hybridized carbons (Fsp3) is 0.789. The molecule has 160 valence electrons. The van der Waals surface area contributed by atoms with Crippen molar-refractivity contribution in [2.24, 2.45) is 0 Å². The molecule has 2 rings (SSSR count). The van der Waals surface area contributed by atoms with Gasteiger partial charge in [-0.15, -0.1) is 11.8 Å². The van der Waals surface area contributed by atoms with Gasteiger partial charge in [-0.1, -0.05) is 40.5 Å². The van der Waals surface area contributed by atoms with Crippen molar-refractivity contribution >= 4 is 47.4 Å². The van der Waals surface area contributed by atoms with Gasteiger partial charge in [0.1, 0.15) is 5.25 Å². The summed E-state index contributed by atoms with van der Waals surface area (Å²) >= 11 is 1.97. The highest BCUT2D eigenvalue weighted by Crippen LogP contribution is 2.28. The average molecular weight is 433 g/mol. The Hall–Kier alpha value is -1.06. The van der Waals surface area contributed by atoms with Crippen LogP contribution in [0, 0.1) is 0 Å². The number of carbonyl (C=O) groups excluding carboxylic acids is 4. The van der Waals surface area contributed by atoms with Crippen LogP contribution in [0.2, 0.25) is 0 Å². The number of hydrogen-bond acceptors (Lipinski definition) is 7. The van der Waals surface area contributed by atoms with Crippen molar-refractivity contribution in [1.29, 1.82) is 0 Å². The van der Waals surface area contributed by atoms with E-state index in [1.165, 1.54) is 9.80 Å². The second-order valence-electron chi connectivity index (χ2n) is 6.86. The molecular formula is C19H32N2O5S2. The van der Waals surface area contributed by atoms with E-state index in [1.807, 2.05) is 27.7 Å². The molecule has 2 heterocycles. The van der Waals surface area contributed by atoms with Crippen LogP contribution in [0.1, 0.15) is 66.2 Å². The Morgan fingerprint density at radius 2 is 1.29 bits per heavy atom. The number of carbonyl (C=O) groups is 4. The summed E-state index contributed by atoms with van der Waals surface area (Å²) in [5, 5.41) is -0.588. The van der Waals surface area contributed by atoms with E-state index in [-0.39, 0.29) is 35.3 Å². The van der Waals surface area contributed by atoms with Crippen LogP contribution in [0.5, 0.6) is 0 Å². The Labute approximate surface area is 176 Å². The van der Waals surface area contributed by atoms with Crippen LogP contribution in [-0.4, -0.2) is 66.8 Å². The van der Waals surface area contributed by atoms with Crippen molar-refractivity contribution in [1.82, 2.24) is 9.80 Å². The first-order valence-electron chi connectivity index (χ1n) is 9.99. The van der Waals surface area contributed by atoms with Crippen molar-refractivity contribution in [2.75, 3.05) is 13.1 Å². The van der Waals surface area contributed by atoms with Gasteiger partial charge in [0, 0.05) is 31.6 Å². The molecule has 0 aromatic heterocycles.